The van der Waals surface area contributed by atoms with Crippen molar-refractivity contribution in [2.45, 2.75) is 46.5 Å². The first-order valence-corrected chi connectivity index (χ1v) is 6.99. The summed E-state index contributed by atoms with van der Waals surface area (Å²) in [5.41, 5.74) is 5.09. The van der Waals surface area contributed by atoms with Gasteiger partial charge in [-0.05, 0) is 57.1 Å². The molecule has 96 valence electrons. The fourth-order valence-electron chi connectivity index (χ4n) is 2.44. The number of para-hydroxylation sites is 1. The van der Waals surface area contributed by atoms with Gasteiger partial charge in [0, 0.05) is 11.3 Å². The Morgan fingerprint density at radius 2 is 1.89 bits per heavy atom. The van der Waals surface area contributed by atoms with Gasteiger partial charge in [-0.25, -0.2) is 0 Å². The van der Waals surface area contributed by atoms with E-state index in [-0.39, 0.29) is 0 Å². The Labute approximate surface area is 111 Å². The molecule has 0 radical (unpaired) electrons. The first-order valence-electron chi connectivity index (χ1n) is 6.99. The van der Waals surface area contributed by atoms with E-state index in [1.54, 1.807) is 0 Å². The predicted molar refractivity (Wildman–Crippen MR) is 80.5 cm³/mol. The Balaban J connectivity index is 2.26. The van der Waals surface area contributed by atoms with Crippen molar-refractivity contribution in [1.29, 1.82) is 0 Å². The molecule has 0 N–H and O–H groups in total. The van der Waals surface area contributed by atoms with Gasteiger partial charge in [-0.1, -0.05) is 31.2 Å². The highest BCUT2D eigenvalue weighted by atomic mass is 14.8. The Hall–Kier alpha value is -1.37. The second kappa shape index (κ2) is 5.99. The number of aliphatic imine (C=N–C) groups is 1. The number of hydrogen-bond acceptors (Lipinski definition) is 1. The van der Waals surface area contributed by atoms with Crippen molar-refractivity contribution in [3.05, 3.63) is 35.9 Å². The lowest BCUT2D eigenvalue weighted by molar-refractivity contribution is 0.483. The zero-order valence-corrected chi connectivity index (χ0v) is 11.7. The largest absolute Gasteiger partial charge is 0.257 e. The SMILES string of the molecule is C/C=C(/C)c1ccccc1N=C1CCC(C)CC1. The Morgan fingerprint density at radius 3 is 2.56 bits per heavy atom. The third-order valence-electron chi connectivity index (χ3n) is 3.89. The molecular formula is C17H23N. The smallest absolute Gasteiger partial charge is 0.0703 e. The molecule has 1 heteroatoms. The van der Waals surface area contributed by atoms with Crippen LogP contribution in [0.4, 0.5) is 5.69 Å². The summed E-state index contributed by atoms with van der Waals surface area (Å²) in [5, 5.41) is 0. The van der Waals surface area contributed by atoms with E-state index in [0.717, 1.165) is 11.6 Å². The molecule has 0 amide bonds. The van der Waals surface area contributed by atoms with E-state index in [1.165, 1.54) is 42.5 Å². The van der Waals surface area contributed by atoms with Crippen molar-refractivity contribution in [1.82, 2.24) is 0 Å². The van der Waals surface area contributed by atoms with Gasteiger partial charge in [-0.15, -0.1) is 0 Å². The summed E-state index contributed by atoms with van der Waals surface area (Å²) in [4.78, 5) is 4.90. The number of allylic oxidation sites excluding steroid dienone is 2. The molecule has 0 unspecified atom stereocenters. The molecule has 1 aliphatic rings. The van der Waals surface area contributed by atoms with Crippen LogP contribution in [0.2, 0.25) is 0 Å². The van der Waals surface area contributed by atoms with Crippen LogP contribution in [0.15, 0.2) is 35.3 Å². The van der Waals surface area contributed by atoms with Crippen molar-refractivity contribution in [3.63, 3.8) is 0 Å². The fraction of sp³-hybridized carbons (Fsp3) is 0.471. The number of benzene rings is 1. The third kappa shape index (κ3) is 3.10. The van der Waals surface area contributed by atoms with Crippen LogP contribution in [0.25, 0.3) is 5.57 Å². The lowest BCUT2D eigenvalue weighted by Gasteiger charge is -2.19. The third-order valence-corrected chi connectivity index (χ3v) is 3.89. The first-order chi connectivity index (χ1) is 8.70. The van der Waals surface area contributed by atoms with Crippen LogP contribution < -0.4 is 0 Å². The molecule has 0 aliphatic heterocycles. The van der Waals surface area contributed by atoms with Crippen molar-refractivity contribution < 1.29 is 0 Å². The first kappa shape index (κ1) is 13.1. The predicted octanol–water partition coefficient (Wildman–Crippen LogP) is 5.39. The number of hydrogen-bond donors (Lipinski definition) is 0. The molecule has 1 fully saturated rings. The molecule has 0 bridgehead atoms. The summed E-state index contributed by atoms with van der Waals surface area (Å²) in [6.07, 6.45) is 7.09. The van der Waals surface area contributed by atoms with Gasteiger partial charge in [0.1, 0.15) is 0 Å². The molecule has 1 aliphatic carbocycles. The summed E-state index contributed by atoms with van der Waals surface area (Å²) in [7, 11) is 0. The molecule has 18 heavy (non-hydrogen) atoms. The molecule has 0 aromatic heterocycles. The quantitative estimate of drug-likeness (QED) is 0.658. The van der Waals surface area contributed by atoms with E-state index >= 15 is 0 Å². The Kier molecular flexibility index (Phi) is 4.35. The molecule has 2 rings (SSSR count). The zero-order chi connectivity index (χ0) is 13.0. The van der Waals surface area contributed by atoms with Crippen molar-refractivity contribution in [2.75, 3.05) is 0 Å². The number of nitrogens with zero attached hydrogens (tertiary/aromatic N) is 1. The minimum atomic E-state index is 0.872. The number of rotatable bonds is 2. The maximum Gasteiger partial charge on any atom is 0.0703 e. The highest BCUT2D eigenvalue weighted by Gasteiger charge is 2.14. The van der Waals surface area contributed by atoms with Gasteiger partial charge in [0.25, 0.3) is 0 Å². The standard InChI is InChI=1S/C17H23N/c1-4-14(3)16-7-5-6-8-17(16)18-15-11-9-13(2)10-12-15/h4-8,13H,9-12H2,1-3H3/b14-4-,18-15?. The van der Waals surface area contributed by atoms with Crippen molar-refractivity contribution in [2.24, 2.45) is 10.9 Å². The van der Waals surface area contributed by atoms with E-state index in [9.17, 15) is 0 Å². The maximum absolute atomic E-state index is 4.90. The van der Waals surface area contributed by atoms with Crippen LogP contribution in [0.1, 0.15) is 52.0 Å². The molecule has 0 atom stereocenters. The molecule has 1 saturated carbocycles. The minimum Gasteiger partial charge on any atom is -0.257 e. The van der Waals surface area contributed by atoms with Crippen LogP contribution in [0, 0.1) is 5.92 Å². The molecule has 0 spiro atoms. The van der Waals surface area contributed by atoms with Crippen LogP contribution >= 0.6 is 0 Å². The molecule has 1 aromatic carbocycles. The average Bonchev–Trinajstić information content (AvgIpc) is 2.41. The van der Waals surface area contributed by atoms with E-state index in [2.05, 4.69) is 51.1 Å². The van der Waals surface area contributed by atoms with Gasteiger partial charge < -0.3 is 0 Å². The lowest BCUT2D eigenvalue weighted by atomic mass is 9.89. The van der Waals surface area contributed by atoms with Crippen LogP contribution in [-0.2, 0) is 0 Å². The van der Waals surface area contributed by atoms with Gasteiger partial charge in [-0.2, -0.15) is 0 Å². The monoisotopic (exact) mass is 241 g/mol. The van der Waals surface area contributed by atoms with E-state index in [1.807, 2.05) is 0 Å². The van der Waals surface area contributed by atoms with Crippen LogP contribution in [-0.4, -0.2) is 5.71 Å². The van der Waals surface area contributed by atoms with Gasteiger partial charge in [-0.3, -0.25) is 4.99 Å². The highest BCUT2D eigenvalue weighted by Crippen LogP contribution is 2.29. The normalized spacial score (nSPS) is 20.9. The van der Waals surface area contributed by atoms with Gasteiger partial charge >= 0.3 is 0 Å². The van der Waals surface area contributed by atoms with E-state index in [4.69, 9.17) is 4.99 Å². The zero-order valence-electron chi connectivity index (χ0n) is 11.7. The van der Waals surface area contributed by atoms with E-state index in [0.29, 0.717) is 0 Å². The van der Waals surface area contributed by atoms with Crippen LogP contribution in [0.3, 0.4) is 0 Å². The Morgan fingerprint density at radius 1 is 1.22 bits per heavy atom. The molecule has 1 nitrogen and oxygen atoms in total. The maximum atomic E-state index is 4.90. The van der Waals surface area contributed by atoms with Gasteiger partial charge in [0.2, 0.25) is 0 Å². The minimum absolute atomic E-state index is 0.872. The summed E-state index contributed by atoms with van der Waals surface area (Å²) >= 11 is 0. The van der Waals surface area contributed by atoms with Crippen LogP contribution in [0.5, 0.6) is 0 Å². The Bertz CT molecular complexity index is 458. The van der Waals surface area contributed by atoms with Gasteiger partial charge in [0.15, 0.2) is 0 Å². The summed E-state index contributed by atoms with van der Waals surface area (Å²) < 4.78 is 0. The second-order valence-electron chi connectivity index (χ2n) is 5.35. The summed E-state index contributed by atoms with van der Waals surface area (Å²) in [6.45, 7) is 6.58. The van der Waals surface area contributed by atoms with Crippen molar-refractivity contribution >= 4 is 17.0 Å². The average molecular weight is 241 g/mol. The van der Waals surface area contributed by atoms with E-state index < -0.39 is 0 Å². The lowest BCUT2D eigenvalue weighted by Crippen LogP contribution is -2.11. The fourth-order valence-corrected chi connectivity index (χ4v) is 2.44. The summed E-state index contributed by atoms with van der Waals surface area (Å²) in [5.74, 6) is 0.872. The topological polar surface area (TPSA) is 12.4 Å². The molecule has 1 aromatic rings. The molecule has 0 heterocycles. The molecule has 0 saturated heterocycles. The van der Waals surface area contributed by atoms with Crippen molar-refractivity contribution in [3.8, 4) is 0 Å². The second-order valence-corrected chi connectivity index (χ2v) is 5.35. The summed E-state index contributed by atoms with van der Waals surface area (Å²) in [6, 6.07) is 8.47. The molecular weight excluding hydrogens is 218 g/mol. The van der Waals surface area contributed by atoms with Gasteiger partial charge in [0.05, 0.1) is 5.69 Å². The highest BCUT2D eigenvalue weighted by molar-refractivity contribution is 5.89.